The maximum atomic E-state index is 14.0. The van der Waals surface area contributed by atoms with Crippen molar-refractivity contribution in [2.24, 2.45) is 0 Å². The number of likely N-dealkylation sites (tertiary alicyclic amines) is 1. The number of amides is 2. The van der Waals surface area contributed by atoms with Gasteiger partial charge in [0.15, 0.2) is 18.3 Å². The van der Waals surface area contributed by atoms with Crippen molar-refractivity contribution in [2.75, 3.05) is 50.1 Å². The molecule has 2 unspecified atom stereocenters. The first kappa shape index (κ1) is 29.6. The van der Waals surface area contributed by atoms with Gasteiger partial charge in [0.1, 0.15) is 5.69 Å². The number of aromatic nitrogens is 2. The van der Waals surface area contributed by atoms with E-state index in [9.17, 15) is 19.2 Å². The number of fused-ring (bicyclic) bond motifs is 3. The average Bonchev–Trinajstić information content (AvgIpc) is 3.44. The third-order valence-corrected chi connectivity index (χ3v) is 9.33. The zero-order valence-corrected chi connectivity index (χ0v) is 24.9. The lowest BCUT2D eigenvalue weighted by atomic mass is 9.65. The topological polar surface area (TPSA) is 115 Å². The number of nitriles is 1. The second-order valence-corrected chi connectivity index (χ2v) is 12.0. The molecule has 4 heterocycles. The summed E-state index contributed by atoms with van der Waals surface area (Å²) in [6.07, 6.45) is 5.04. The van der Waals surface area contributed by atoms with Crippen molar-refractivity contribution in [3.8, 4) is 23.9 Å². The van der Waals surface area contributed by atoms with Crippen molar-refractivity contribution in [2.45, 2.75) is 62.4 Å². The Balaban J connectivity index is 1.35. The minimum Gasteiger partial charge on any atom is -0.450 e. The Labute approximate surface area is 256 Å². The molecule has 1 N–H and O–H groups in total. The van der Waals surface area contributed by atoms with Crippen LogP contribution in [0.2, 0.25) is 0 Å². The fourth-order valence-corrected chi connectivity index (χ4v) is 7.06. The summed E-state index contributed by atoms with van der Waals surface area (Å²) in [4.78, 5) is 41.5. The van der Waals surface area contributed by atoms with Crippen molar-refractivity contribution in [1.82, 2.24) is 19.8 Å². The lowest BCUT2D eigenvalue weighted by molar-refractivity contribution is -0.131. The third-order valence-electron chi connectivity index (χ3n) is 9.33. The van der Waals surface area contributed by atoms with Crippen LogP contribution in [0.4, 0.5) is 15.9 Å². The first-order valence-corrected chi connectivity index (χ1v) is 15.2. The van der Waals surface area contributed by atoms with Gasteiger partial charge in [0, 0.05) is 26.1 Å². The number of halogens is 1. The van der Waals surface area contributed by atoms with Gasteiger partial charge < -0.3 is 19.9 Å². The number of nitrogens with one attached hydrogen (secondary N) is 1. The van der Waals surface area contributed by atoms with Gasteiger partial charge in [-0.3, -0.25) is 14.5 Å². The molecule has 0 radical (unpaired) electrons. The van der Waals surface area contributed by atoms with Crippen molar-refractivity contribution < 1.29 is 18.7 Å². The average molecular weight is 598 g/mol. The van der Waals surface area contributed by atoms with Crippen LogP contribution >= 0.6 is 0 Å². The highest BCUT2D eigenvalue weighted by atomic mass is 19.1. The van der Waals surface area contributed by atoms with Gasteiger partial charge in [-0.05, 0) is 56.8 Å². The summed E-state index contributed by atoms with van der Waals surface area (Å²) in [5.41, 5.74) is 2.60. The standard InChI is InChI=1S/C33H36FN7O3/c1-22(34)30(42)41-18-17-40(21-25(41)13-15-35)29-28-27(36-32(38-29)44-19-7-11-24-10-6-16-39(24)2)20-33(31(43)37-28)14-5-9-23-8-3-4-12-26(23)33/h3-4,8,12,24-25H,1,5-6,9-10,13-14,16-21H2,2H3,(H,37,43)/t24?,25-,33?/m0/s1. The van der Waals surface area contributed by atoms with Crippen LogP contribution in [0.15, 0.2) is 36.7 Å². The number of carbonyl (C=O) groups is 2. The van der Waals surface area contributed by atoms with Gasteiger partial charge >= 0.3 is 6.01 Å². The number of aryl methyl sites for hydroxylation is 1. The van der Waals surface area contributed by atoms with Crippen LogP contribution in [0, 0.1) is 23.2 Å². The third kappa shape index (κ3) is 5.48. The van der Waals surface area contributed by atoms with E-state index in [1.54, 1.807) is 0 Å². The van der Waals surface area contributed by atoms with Gasteiger partial charge in [0.25, 0.3) is 5.91 Å². The van der Waals surface area contributed by atoms with E-state index in [-0.39, 0.29) is 44.1 Å². The van der Waals surface area contributed by atoms with Crippen LogP contribution < -0.4 is 15.0 Å². The number of carbonyl (C=O) groups excluding carboxylic acids is 2. The van der Waals surface area contributed by atoms with Crippen LogP contribution in [0.25, 0.3) is 0 Å². The summed E-state index contributed by atoms with van der Waals surface area (Å²) in [6.45, 7) is 4.97. The quantitative estimate of drug-likeness (QED) is 0.413. The molecule has 11 heteroatoms. The second kappa shape index (κ2) is 12.3. The summed E-state index contributed by atoms with van der Waals surface area (Å²) in [5, 5.41) is 12.6. The highest BCUT2D eigenvalue weighted by Crippen LogP contribution is 2.46. The molecule has 1 spiro atoms. The van der Waals surface area contributed by atoms with Crippen LogP contribution in [-0.2, 0) is 27.8 Å². The molecule has 2 fully saturated rings. The molecule has 4 aliphatic rings. The lowest BCUT2D eigenvalue weighted by Crippen LogP contribution is -2.56. The Bertz CT molecular complexity index is 1590. The fraction of sp³-hybridized carbons (Fsp3) is 0.485. The SMILES string of the molecule is C=C(F)C(=O)N1CCN(c2nc(OCC#CC3CCCN3C)nc3c2NC(=O)C2(CCCc4ccccc42)C3)C[C@@H]1CC#N. The molecule has 0 bridgehead atoms. The smallest absolute Gasteiger partial charge is 0.319 e. The normalized spacial score (nSPS) is 24.4. The summed E-state index contributed by atoms with van der Waals surface area (Å²) in [5.74, 6) is 4.85. The van der Waals surface area contributed by atoms with E-state index < -0.39 is 23.2 Å². The Morgan fingerprint density at radius 3 is 2.86 bits per heavy atom. The first-order chi connectivity index (χ1) is 21.3. The molecule has 0 saturated carbocycles. The van der Waals surface area contributed by atoms with E-state index in [1.165, 1.54) is 10.5 Å². The first-order valence-electron chi connectivity index (χ1n) is 15.2. The minimum absolute atomic E-state index is 0.00358. The van der Waals surface area contributed by atoms with E-state index in [2.05, 4.69) is 47.8 Å². The number of benzene rings is 1. The van der Waals surface area contributed by atoms with Crippen LogP contribution in [0.5, 0.6) is 6.01 Å². The number of hydrogen-bond acceptors (Lipinski definition) is 8. The number of nitrogens with zero attached hydrogens (tertiary/aromatic N) is 6. The highest BCUT2D eigenvalue weighted by Gasteiger charge is 2.48. The second-order valence-electron chi connectivity index (χ2n) is 12.0. The molecular formula is C33H36FN7O3. The van der Waals surface area contributed by atoms with Crippen LogP contribution in [0.3, 0.4) is 0 Å². The highest BCUT2D eigenvalue weighted by molar-refractivity contribution is 6.04. The van der Waals surface area contributed by atoms with E-state index in [4.69, 9.17) is 14.7 Å². The number of ether oxygens (including phenoxy) is 1. The zero-order valence-electron chi connectivity index (χ0n) is 24.9. The van der Waals surface area contributed by atoms with E-state index >= 15 is 0 Å². The van der Waals surface area contributed by atoms with Crippen LogP contribution in [0.1, 0.15) is 48.9 Å². The minimum atomic E-state index is -1.06. The van der Waals surface area contributed by atoms with Gasteiger partial charge in [0.05, 0.1) is 35.7 Å². The molecule has 2 amide bonds. The van der Waals surface area contributed by atoms with E-state index in [0.29, 0.717) is 36.6 Å². The molecule has 3 atom stereocenters. The van der Waals surface area contributed by atoms with Gasteiger partial charge in [-0.25, -0.2) is 4.39 Å². The molecule has 3 aliphatic heterocycles. The maximum absolute atomic E-state index is 14.0. The van der Waals surface area contributed by atoms with Crippen molar-refractivity contribution in [1.29, 1.82) is 5.26 Å². The summed E-state index contributed by atoms with van der Waals surface area (Å²) in [6, 6.07) is 9.96. The van der Waals surface area contributed by atoms with Crippen LogP contribution in [-0.4, -0.2) is 83.5 Å². The predicted molar refractivity (Wildman–Crippen MR) is 163 cm³/mol. The fourth-order valence-electron chi connectivity index (χ4n) is 7.06. The monoisotopic (exact) mass is 597 g/mol. The Morgan fingerprint density at radius 2 is 2.09 bits per heavy atom. The van der Waals surface area contributed by atoms with Crippen molar-refractivity contribution in [3.63, 3.8) is 0 Å². The predicted octanol–water partition coefficient (Wildman–Crippen LogP) is 3.14. The van der Waals surface area contributed by atoms with Gasteiger partial charge in [-0.1, -0.05) is 42.7 Å². The zero-order chi connectivity index (χ0) is 30.8. The number of rotatable bonds is 5. The Kier molecular flexibility index (Phi) is 8.24. The van der Waals surface area contributed by atoms with E-state index in [1.807, 2.05) is 23.1 Å². The van der Waals surface area contributed by atoms with Crippen molar-refractivity contribution in [3.05, 3.63) is 53.5 Å². The molecule has 2 saturated heterocycles. The van der Waals surface area contributed by atoms with Gasteiger partial charge in [0.2, 0.25) is 5.91 Å². The molecule has 10 nitrogen and oxygen atoms in total. The number of piperazine rings is 1. The Hall–Kier alpha value is -4.48. The summed E-state index contributed by atoms with van der Waals surface area (Å²) in [7, 11) is 2.07. The molecular weight excluding hydrogens is 561 g/mol. The lowest BCUT2D eigenvalue weighted by Gasteiger charge is -2.44. The van der Waals surface area contributed by atoms with Crippen molar-refractivity contribution >= 4 is 23.3 Å². The van der Waals surface area contributed by atoms with Gasteiger partial charge in [-0.2, -0.15) is 15.2 Å². The summed E-state index contributed by atoms with van der Waals surface area (Å²) >= 11 is 0. The van der Waals surface area contributed by atoms with E-state index in [0.717, 1.165) is 37.8 Å². The molecule has 2 aromatic rings. The maximum Gasteiger partial charge on any atom is 0.319 e. The molecule has 1 aromatic heterocycles. The number of anilines is 2. The molecule has 228 valence electrons. The van der Waals surface area contributed by atoms with Gasteiger partial charge in [-0.15, -0.1) is 0 Å². The molecule has 44 heavy (non-hydrogen) atoms. The molecule has 1 aromatic carbocycles. The molecule has 1 aliphatic carbocycles. The number of hydrogen-bond donors (Lipinski definition) is 1. The molecule has 6 rings (SSSR count). The Morgan fingerprint density at radius 1 is 1.25 bits per heavy atom. The summed E-state index contributed by atoms with van der Waals surface area (Å²) < 4.78 is 19.8. The largest absolute Gasteiger partial charge is 0.450 e.